The maximum absolute atomic E-state index is 10.5. The molecule has 0 aliphatic carbocycles. The lowest BCUT2D eigenvalue weighted by atomic mass is 10.1. The summed E-state index contributed by atoms with van der Waals surface area (Å²) in [5, 5.41) is 8.66. The van der Waals surface area contributed by atoms with Crippen LogP contribution in [0.2, 0.25) is 0 Å². The molecule has 0 aromatic carbocycles. The van der Waals surface area contributed by atoms with Gasteiger partial charge in [0.05, 0.1) is 0 Å². The van der Waals surface area contributed by atoms with Gasteiger partial charge in [0.1, 0.15) is 0 Å². The smallest absolute Gasteiger partial charge is 0.330 e. The van der Waals surface area contributed by atoms with Crippen LogP contribution in [0.15, 0.2) is 12.2 Å². The van der Waals surface area contributed by atoms with Crippen LogP contribution in [-0.4, -0.2) is 35.6 Å². The topological polar surface area (TPSA) is 40.5 Å². The Kier molecular flexibility index (Phi) is 11.7. The van der Waals surface area contributed by atoms with Gasteiger partial charge in [0, 0.05) is 5.57 Å². The molecular formula is C16H31NO2. The lowest BCUT2D eigenvalue weighted by Crippen LogP contribution is -2.23. The Morgan fingerprint density at radius 1 is 0.947 bits per heavy atom. The average Bonchev–Trinajstić information content (AvgIpc) is 2.40. The van der Waals surface area contributed by atoms with Gasteiger partial charge < -0.3 is 10.0 Å². The third-order valence-electron chi connectivity index (χ3n) is 3.65. The highest BCUT2D eigenvalue weighted by atomic mass is 16.4. The molecule has 0 unspecified atom stereocenters. The Balaban J connectivity index is 3.23. The number of nitrogens with zero attached hydrogens (tertiary/aromatic N) is 1. The molecular weight excluding hydrogens is 238 g/mol. The summed E-state index contributed by atoms with van der Waals surface area (Å²) in [6.45, 7) is 11.5. The van der Waals surface area contributed by atoms with Gasteiger partial charge in [-0.25, -0.2) is 4.79 Å². The zero-order chi connectivity index (χ0) is 14.5. The number of rotatable bonds is 13. The Morgan fingerprint density at radius 3 is 1.89 bits per heavy atom. The molecule has 1 N–H and O–H groups in total. The minimum absolute atomic E-state index is 0.347. The summed E-state index contributed by atoms with van der Waals surface area (Å²) < 4.78 is 0. The lowest BCUT2D eigenvalue weighted by Gasteiger charge is -2.17. The van der Waals surface area contributed by atoms with E-state index in [1.165, 1.54) is 38.6 Å². The van der Waals surface area contributed by atoms with Crippen LogP contribution in [0.5, 0.6) is 0 Å². The molecule has 0 bridgehead atoms. The Hall–Kier alpha value is -0.830. The molecule has 0 amide bonds. The minimum Gasteiger partial charge on any atom is -0.478 e. The molecule has 0 radical (unpaired) electrons. The number of hydrogen-bond donors (Lipinski definition) is 1. The number of aliphatic carboxylic acids is 1. The van der Waals surface area contributed by atoms with Crippen molar-refractivity contribution in [2.75, 3.05) is 19.6 Å². The molecule has 0 fully saturated rings. The molecule has 0 aromatic rings. The van der Waals surface area contributed by atoms with Gasteiger partial charge in [0.2, 0.25) is 0 Å². The summed E-state index contributed by atoms with van der Waals surface area (Å²) in [4.78, 5) is 13.0. The summed E-state index contributed by atoms with van der Waals surface area (Å²) >= 11 is 0. The quantitative estimate of drug-likeness (QED) is 0.404. The number of carboxylic acids is 1. The molecule has 0 rings (SSSR count). The molecule has 0 atom stereocenters. The number of unbranched alkanes of at least 4 members (excludes halogenated alkanes) is 6. The van der Waals surface area contributed by atoms with Gasteiger partial charge in [-0.1, -0.05) is 52.5 Å². The van der Waals surface area contributed by atoms with Crippen molar-refractivity contribution in [3.8, 4) is 0 Å². The Morgan fingerprint density at radius 2 is 1.42 bits per heavy atom. The van der Waals surface area contributed by atoms with Crippen LogP contribution in [0, 0.1) is 0 Å². The van der Waals surface area contributed by atoms with Gasteiger partial charge in [-0.15, -0.1) is 0 Å². The zero-order valence-electron chi connectivity index (χ0n) is 12.8. The molecule has 0 spiro atoms. The van der Waals surface area contributed by atoms with Crippen molar-refractivity contribution >= 4 is 5.97 Å². The molecule has 3 heteroatoms. The van der Waals surface area contributed by atoms with Gasteiger partial charge in [0.15, 0.2) is 0 Å². The van der Waals surface area contributed by atoms with E-state index in [9.17, 15) is 4.79 Å². The van der Waals surface area contributed by atoms with Gasteiger partial charge >= 0.3 is 5.97 Å². The van der Waals surface area contributed by atoms with Crippen LogP contribution in [-0.2, 0) is 4.79 Å². The molecule has 0 heterocycles. The van der Waals surface area contributed by atoms with E-state index in [0.29, 0.717) is 12.0 Å². The van der Waals surface area contributed by atoms with Crippen LogP contribution < -0.4 is 0 Å². The fourth-order valence-corrected chi connectivity index (χ4v) is 2.20. The van der Waals surface area contributed by atoms with Crippen molar-refractivity contribution in [2.24, 2.45) is 0 Å². The van der Waals surface area contributed by atoms with Gasteiger partial charge in [0.25, 0.3) is 0 Å². The third kappa shape index (κ3) is 10.8. The first-order valence-electron chi connectivity index (χ1n) is 7.75. The van der Waals surface area contributed by atoms with E-state index < -0.39 is 5.97 Å². The highest BCUT2D eigenvalue weighted by Crippen LogP contribution is 2.11. The van der Waals surface area contributed by atoms with Crippen molar-refractivity contribution in [2.45, 2.75) is 65.2 Å². The van der Waals surface area contributed by atoms with Crippen molar-refractivity contribution < 1.29 is 9.90 Å². The predicted molar refractivity (Wildman–Crippen MR) is 81.5 cm³/mol. The predicted octanol–water partition coefficient (Wildman–Crippen LogP) is 4.09. The zero-order valence-corrected chi connectivity index (χ0v) is 12.8. The van der Waals surface area contributed by atoms with E-state index in [1.807, 2.05) is 0 Å². The fourth-order valence-electron chi connectivity index (χ4n) is 2.20. The molecule has 0 saturated heterocycles. The molecule has 0 aliphatic rings. The SMILES string of the molecule is C=C(CCCCCCCCCN(CC)CC)C(=O)O. The fraction of sp³-hybridized carbons (Fsp3) is 0.812. The van der Waals surface area contributed by atoms with Crippen LogP contribution in [0.4, 0.5) is 0 Å². The lowest BCUT2D eigenvalue weighted by molar-refractivity contribution is -0.132. The molecule has 3 nitrogen and oxygen atoms in total. The summed E-state index contributed by atoms with van der Waals surface area (Å²) in [6, 6.07) is 0. The molecule has 19 heavy (non-hydrogen) atoms. The van der Waals surface area contributed by atoms with Crippen molar-refractivity contribution in [1.82, 2.24) is 4.90 Å². The van der Waals surface area contributed by atoms with Gasteiger partial charge in [-0.3, -0.25) is 0 Å². The summed E-state index contributed by atoms with van der Waals surface area (Å²) in [5.41, 5.74) is 0.347. The second kappa shape index (κ2) is 12.2. The van der Waals surface area contributed by atoms with E-state index in [1.54, 1.807) is 0 Å². The third-order valence-corrected chi connectivity index (χ3v) is 3.65. The molecule has 0 aromatic heterocycles. The standard InChI is InChI=1S/C16H31NO2/c1-4-17(5-2)14-12-10-8-6-7-9-11-13-15(3)16(18)19/h3-14H2,1-2H3,(H,18,19). The first-order chi connectivity index (χ1) is 9.11. The molecule has 0 aliphatic heterocycles. The maximum Gasteiger partial charge on any atom is 0.330 e. The van der Waals surface area contributed by atoms with E-state index in [4.69, 9.17) is 5.11 Å². The van der Waals surface area contributed by atoms with Crippen molar-refractivity contribution in [3.05, 3.63) is 12.2 Å². The molecule has 0 saturated carbocycles. The number of hydrogen-bond acceptors (Lipinski definition) is 2. The van der Waals surface area contributed by atoms with Crippen LogP contribution in [0.1, 0.15) is 65.2 Å². The summed E-state index contributed by atoms with van der Waals surface area (Å²) in [5.74, 6) is -0.851. The second-order valence-electron chi connectivity index (χ2n) is 5.16. The van der Waals surface area contributed by atoms with Crippen LogP contribution in [0.3, 0.4) is 0 Å². The number of carboxylic acid groups (broad SMARTS) is 1. The highest BCUT2D eigenvalue weighted by molar-refractivity contribution is 5.85. The van der Waals surface area contributed by atoms with E-state index in [2.05, 4.69) is 25.3 Å². The highest BCUT2D eigenvalue weighted by Gasteiger charge is 2.02. The molecule has 112 valence electrons. The van der Waals surface area contributed by atoms with E-state index in [0.717, 1.165) is 25.9 Å². The number of carbonyl (C=O) groups is 1. The summed E-state index contributed by atoms with van der Waals surface area (Å²) in [6.07, 6.45) is 9.15. The van der Waals surface area contributed by atoms with E-state index >= 15 is 0 Å². The monoisotopic (exact) mass is 269 g/mol. The van der Waals surface area contributed by atoms with Crippen molar-refractivity contribution in [3.63, 3.8) is 0 Å². The normalized spacial score (nSPS) is 10.9. The largest absolute Gasteiger partial charge is 0.478 e. The average molecular weight is 269 g/mol. The maximum atomic E-state index is 10.5. The summed E-state index contributed by atoms with van der Waals surface area (Å²) in [7, 11) is 0. The van der Waals surface area contributed by atoms with Gasteiger partial charge in [-0.05, 0) is 38.9 Å². The van der Waals surface area contributed by atoms with Crippen LogP contribution >= 0.6 is 0 Å². The Bertz CT molecular complexity index is 247. The van der Waals surface area contributed by atoms with Crippen LogP contribution in [0.25, 0.3) is 0 Å². The first kappa shape index (κ1) is 18.2. The second-order valence-corrected chi connectivity index (χ2v) is 5.16. The van der Waals surface area contributed by atoms with E-state index in [-0.39, 0.29) is 0 Å². The minimum atomic E-state index is -0.851. The van der Waals surface area contributed by atoms with Gasteiger partial charge in [-0.2, -0.15) is 0 Å². The van der Waals surface area contributed by atoms with Crippen molar-refractivity contribution in [1.29, 1.82) is 0 Å². The Labute approximate surface area is 118 Å². The first-order valence-corrected chi connectivity index (χ1v) is 7.75.